The number of ether oxygens (including phenoxy) is 2. The van der Waals surface area contributed by atoms with E-state index in [1.165, 1.54) is 26.9 Å². The third kappa shape index (κ3) is 5.54. The molecule has 172 valence electrons. The summed E-state index contributed by atoms with van der Waals surface area (Å²) in [5.74, 6) is 0.648. The fourth-order valence-electron chi connectivity index (χ4n) is 3.79. The van der Waals surface area contributed by atoms with E-state index < -0.39 is 10.0 Å². The Hall–Kier alpha value is -2.90. The van der Waals surface area contributed by atoms with Crippen molar-refractivity contribution in [2.45, 2.75) is 18.0 Å². The van der Waals surface area contributed by atoms with Gasteiger partial charge in [-0.05, 0) is 53.9 Å². The van der Waals surface area contributed by atoms with Crippen molar-refractivity contribution in [2.24, 2.45) is 0 Å². The number of hydrogen-bond acceptors (Lipinski definition) is 6. The molecule has 0 aliphatic carbocycles. The molecule has 0 atom stereocenters. The molecule has 0 spiro atoms. The zero-order valence-electron chi connectivity index (χ0n) is 18.4. The SMILES string of the molecule is COc1ccc(N(Cc2cc(C[NH+]3CCOCC3)cs2)S(=O)(=O)c2cccc(C#N)c2)cc1. The molecule has 4 rings (SSSR count). The van der Waals surface area contributed by atoms with Crippen LogP contribution in [0.3, 0.4) is 0 Å². The number of sulfonamides is 1. The van der Waals surface area contributed by atoms with E-state index in [0.29, 0.717) is 17.0 Å². The molecule has 1 saturated heterocycles. The van der Waals surface area contributed by atoms with E-state index in [9.17, 15) is 13.7 Å². The predicted molar refractivity (Wildman–Crippen MR) is 127 cm³/mol. The van der Waals surface area contributed by atoms with E-state index in [1.807, 2.05) is 6.07 Å². The maximum atomic E-state index is 13.7. The average molecular weight is 485 g/mol. The van der Waals surface area contributed by atoms with Crippen molar-refractivity contribution >= 4 is 27.0 Å². The van der Waals surface area contributed by atoms with E-state index in [0.717, 1.165) is 37.7 Å². The molecule has 0 saturated carbocycles. The first-order valence-electron chi connectivity index (χ1n) is 10.6. The molecule has 9 heteroatoms. The van der Waals surface area contributed by atoms with E-state index in [2.05, 4.69) is 11.4 Å². The maximum absolute atomic E-state index is 13.7. The fourth-order valence-corrected chi connectivity index (χ4v) is 6.23. The van der Waals surface area contributed by atoms with Gasteiger partial charge in [0.05, 0.1) is 49.1 Å². The highest BCUT2D eigenvalue weighted by Gasteiger charge is 2.26. The molecular formula is C24H26N3O4S2+. The van der Waals surface area contributed by atoms with Gasteiger partial charge in [-0.2, -0.15) is 5.26 Å². The van der Waals surface area contributed by atoms with Gasteiger partial charge in [-0.15, -0.1) is 11.3 Å². The number of nitriles is 1. The van der Waals surface area contributed by atoms with E-state index in [4.69, 9.17) is 9.47 Å². The van der Waals surface area contributed by atoms with Crippen molar-refractivity contribution < 1.29 is 22.8 Å². The summed E-state index contributed by atoms with van der Waals surface area (Å²) in [6, 6.07) is 17.2. The monoisotopic (exact) mass is 484 g/mol. The van der Waals surface area contributed by atoms with Gasteiger partial charge in [-0.1, -0.05) is 6.07 Å². The minimum atomic E-state index is -3.90. The molecule has 2 heterocycles. The van der Waals surface area contributed by atoms with E-state index in [-0.39, 0.29) is 11.4 Å². The van der Waals surface area contributed by atoms with Crippen molar-refractivity contribution in [3.8, 4) is 11.8 Å². The highest BCUT2D eigenvalue weighted by Crippen LogP contribution is 2.29. The zero-order chi connectivity index (χ0) is 23.3. The van der Waals surface area contributed by atoms with Gasteiger partial charge in [0.1, 0.15) is 25.4 Å². The molecule has 0 radical (unpaired) electrons. The van der Waals surface area contributed by atoms with Crippen molar-refractivity contribution in [3.05, 3.63) is 76.0 Å². The molecule has 0 amide bonds. The van der Waals surface area contributed by atoms with E-state index >= 15 is 0 Å². The third-order valence-electron chi connectivity index (χ3n) is 5.57. The van der Waals surface area contributed by atoms with Crippen LogP contribution < -0.4 is 13.9 Å². The van der Waals surface area contributed by atoms with Crippen molar-refractivity contribution in [3.63, 3.8) is 0 Å². The van der Waals surface area contributed by atoms with Crippen LogP contribution in [0.5, 0.6) is 5.75 Å². The first-order valence-corrected chi connectivity index (χ1v) is 13.0. The van der Waals surface area contributed by atoms with Crippen LogP contribution in [0.1, 0.15) is 16.0 Å². The topological polar surface area (TPSA) is 84.1 Å². The molecule has 1 aliphatic heterocycles. The van der Waals surface area contributed by atoms with Crippen LogP contribution in [0.15, 0.2) is 64.9 Å². The number of quaternary nitrogens is 1. The minimum absolute atomic E-state index is 0.0897. The predicted octanol–water partition coefficient (Wildman–Crippen LogP) is 2.44. The Morgan fingerprint density at radius 3 is 2.61 bits per heavy atom. The number of hydrogen-bond donors (Lipinski definition) is 1. The summed E-state index contributed by atoms with van der Waals surface area (Å²) in [7, 11) is -2.33. The van der Waals surface area contributed by atoms with Gasteiger partial charge in [0.15, 0.2) is 0 Å². The molecule has 0 bridgehead atoms. The van der Waals surface area contributed by atoms with Crippen LogP contribution in [-0.4, -0.2) is 41.8 Å². The minimum Gasteiger partial charge on any atom is -0.497 e. The lowest BCUT2D eigenvalue weighted by atomic mass is 10.2. The Morgan fingerprint density at radius 2 is 1.91 bits per heavy atom. The summed E-state index contributed by atoms with van der Waals surface area (Å²) >= 11 is 1.56. The molecule has 1 N–H and O–H groups in total. The summed E-state index contributed by atoms with van der Waals surface area (Å²) in [6.45, 7) is 4.61. The number of thiophene rings is 1. The number of morpholine rings is 1. The van der Waals surface area contributed by atoms with Crippen LogP contribution in [0, 0.1) is 11.3 Å². The molecule has 1 aromatic heterocycles. The van der Waals surface area contributed by atoms with E-state index in [1.54, 1.807) is 54.8 Å². The van der Waals surface area contributed by atoms with Crippen LogP contribution in [0.25, 0.3) is 0 Å². The van der Waals surface area contributed by atoms with Gasteiger partial charge in [0.25, 0.3) is 10.0 Å². The van der Waals surface area contributed by atoms with Crippen LogP contribution in [0.2, 0.25) is 0 Å². The Bertz CT molecular complexity index is 1230. The normalized spacial score (nSPS) is 14.5. The largest absolute Gasteiger partial charge is 0.497 e. The van der Waals surface area contributed by atoms with Gasteiger partial charge < -0.3 is 14.4 Å². The molecule has 3 aromatic rings. The number of anilines is 1. The quantitative estimate of drug-likeness (QED) is 0.531. The Labute approximate surface area is 198 Å². The Kier molecular flexibility index (Phi) is 7.30. The summed E-state index contributed by atoms with van der Waals surface area (Å²) in [5.41, 5.74) is 2.04. The Balaban J connectivity index is 1.64. The zero-order valence-corrected chi connectivity index (χ0v) is 20.0. The number of nitrogens with zero attached hydrogens (tertiary/aromatic N) is 2. The lowest BCUT2D eigenvalue weighted by molar-refractivity contribution is -0.921. The molecular weight excluding hydrogens is 458 g/mol. The number of benzene rings is 2. The first kappa shape index (κ1) is 23.3. The van der Waals surface area contributed by atoms with Gasteiger partial charge in [0, 0.05) is 10.4 Å². The third-order valence-corrected chi connectivity index (χ3v) is 8.31. The summed E-state index contributed by atoms with van der Waals surface area (Å²) in [4.78, 5) is 2.51. The van der Waals surface area contributed by atoms with Crippen molar-refractivity contribution in [1.29, 1.82) is 5.26 Å². The molecule has 7 nitrogen and oxygen atoms in total. The second kappa shape index (κ2) is 10.4. The average Bonchev–Trinajstić information content (AvgIpc) is 3.30. The summed E-state index contributed by atoms with van der Waals surface area (Å²) in [6.07, 6.45) is 0. The standard InChI is InChI=1S/C24H25N3O4S2/c1-30-22-7-5-21(6-8-22)27(33(28,29)24-4-2-3-19(14-24)15-25)17-23-13-20(18-32-23)16-26-9-11-31-12-10-26/h2-8,13-14,18H,9-12,16-17H2,1H3/p+1. The molecule has 33 heavy (non-hydrogen) atoms. The highest BCUT2D eigenvalue weighted by molar-refractivity contribution is 7.92. The number of methoxy groups -OCH3 is 1. The highest BCUT2D eigenvalue weighted by atomic mass is 32.2. The van der Waals surface area contributed by atoms with Gasteiger partial charge in [0.2, 0.25) is 0 Å². The second-order valence-electron chi connectivity index (χ2n) is 7.81. The summed E-state index contributed by atoms with van der Waals surface area (Å²) < 4.78 is 39.4. The van der Waals surface area contributed by atoms with Crippen LogP contribution in [0.4, 0.5) is 5.69 Å². The molecule has 0 unspecified atom stereocenters. The van der Waals surface area contributed by atoms with Crippen molar-refractivity contribution in [2.75, 3.05) is 37.7 Å². The molecule has 1 fully saturated rings. The van der Waals surface area contributed by atoms with Crippen molar-refractivity contribution in [1.82, 2.24) is 0 Å². The fraction of sp³-hybridized carbons (Fsp3) is 0.292. The lowest BCUT2D eigenvalue weighted by Crippen LogP contribution is -3.12. The maximum Gasteiger partial charge on any atom is 0.264 e. The molecule has 2 aromatic carbocycles. The number of rotatable bonds is 8. The smallest absolute Gasteiger partial charge is 0.264 e. The second-order valence-corrected chi connectivity index (χ2v) is 10.7. The van der Waals surface area contributed by atoms with Gasteiger partial charge in [-0.25, -0.2) is 8.42 Å². The van der Waals surface area contributed by atoms with Gasteiger partial charge in [-0.3, -0.25) is 4.31 Å². The summed E-state index contributed by atoms with van der Waals surface area (Å²) in [5, 5.41) is 11.3. The number of nitrogens with one attached hydrogen (secondary N) is 1. The lowest BCUT2D eigenvalue weighted by Gasteiger charge is -2.24. The molecule has 1 aliphatic rings. The first-order chi connectivity index (χ1) is 16.0. The Morgan fingerprint density at radius 1 is 1.15 bits per heavy atom. The van der Waals surface area contributed by atoms with Crippen LogP contribution >= 0.6 is 11.3 Å². The van der Waals surface area contributed by atoms with Gasteiger partial charge >= 0.3 is 0 Å². The van der Waals surface area contributed by atoms with Crippen LogP contribution in [-0.2, 0) is 27.8 Å².